The molecule has 0 aliphatic heterocycles. The lowest BCUT2D eigenvalue weighted by Gasteiger charge is -2.30. The number of hydrogen-bond donors (Lipinski definition) is 7. The number of thiol groups is 1. The summed E-state index contributed by atoms with van der Waals surface area (Å²) in [6.07, 6.45) is -6.50. The summed E-state index contributed by atoms with van der Waals surface area (Å²) in [7, 11) is 0. The van der Waals surface area contributed by atoms with Crippen LogP contribution in [0.3, 0.4) is 0 Å². The van der Waals surface area contributed by atoms with Gasteiger partial charge in [0, 0.05) is 13.1 Å². The van der Waals surface area contributed by atoms with Crippen LogP contribution in [0.1, 0.15) is 15.9 Å². The van der Waals surface area contributed by atoms with E-state index in [4.69, 9.17) is 22.4 Å². The minimum atomic E-state index is -1.73. The van der Waals surface area contributed by atoms with Gasteiger partial charge in [-0.1, -0.05) is 24.4 Å². The topological polar surface area (TPSA) is 142 Å². The lowest BCUT2D eigenvalue weighted by atomic mass is 10.0. The molecule has 0 heterocycles. The lowest BCUT2D eigenvalue weighted by molar-refractivity contribution is -0.117. The first-order valence-corrected chi connectivity index (χ1v) is 8.16. The minimum absolute atomic E-state index is 0.116. The predicted octanol–water partition coefficient (Wildman–Crippen LogP) is -1.16. The van der Waals surface area contributed by atoms with E-state index in [9.17, 15) is 25.2 Å². The summed E-state index contributed by atoms with van der Waals surface area (Å²) in [5.41, 5.74) is 0.819. The molecule has 0 radical (unpaired) electrons. The summed E-state index contributed by atoms with van der Waals surface area (Å²) in [5.74, 6) is -1.05. The van der Waals surface area contributed by atoms with Gasteiger partial charge in [-0.2, -0.15) is 0 Å². The third-order valence-electron chi connectivity index (χ3n) is 3.58. The Bertz CT molecular complexity index is 584. The molecule has 4 unspecified atom stereocenters. The smallest absolute Gasteiger partial charge is 0.335 e. The molecule has 6 N–H and O–H groups in total. The van der Waals surface area contributed by atoms with Gasteiger partial charge in [-0.3, -0.25) is 0 Å². The highest BCUT2D eigenvalue weighted by Crippen LogP contribution is 2.13. The fourth-order valence-electron chi connectivity index (χ4n) is 2.08. The van der Waals surface area contributed by atoms with Crippen molar-refractivity contribution in [2.24, 2.45) is 0 Å². The van der Waals surface area contributed by atoms with Gasteiger partial charge in [-0.05, 0) is 17.7 Å². The third-order valence-corrected chi connectivity index (χ3v) is 4.12. The van der Waals surface area contributed by atoms with Crippen molar-refractivity contribution in [2.75, 3.05) is 13.2 Å². The van der Waals surface area contributed by atoms with E-state index in [1.807, 2.05) is 0 Å². The number of nitrogens with zero attached hydrogens (tertiary/aromatic N) is 1. The number of rotatable bonds is 9. The number of aromatic carboxylic acids is 1. The Hall–Kier alpha value is -1.27. The summed E-state index contributed by atoms with van der Waals surface area (Å²) in [6, 6.07) is 6.00. The van der Waals surface area contributed by atoms with Crippen molar-refractivity contribution in [1.82, 2.24) is 4.90 Å². The zero-order valence-electron chi connectivity index (χ0n) is 13.1. The molecule has 8 nitrogen and oxygen atoms in total. The van der Waals surface area contributed by atoms with Crippen LogP contribution < -0.4 is 0 Å². The Balaban J connectivity index is 2.76. The maximum atomic E-state index is 10.8. The van der Waals surface area contributed by atoms with Crippen LogP contribution in [0.25, 0.3) is 0 Å². The molecular weight excluding hydrogens is 370 g/mol. The van der Waals surface area contributed by atoms with Crippen LogP contribution >= 0.6 is 24.8 Å². The molecule has 0 aliphatic carbocycles. The normalized spacial score (nSPS) is 15.9. The third kappa shape index (κ3) is 6.51. The number of hydrogen-bond acceptors (Lipinski definition) is 7. The van der Waals surface area contributed by atoms with Crippen LogP contribution in [0.2, 0.25) is 0 Å². The number of aliphatic hydroxyl groups excluding tert-OH is 5. The highest BCUT2D eigenvalue weighted by Gasteiger charge is 2.31. The number of carbonyl (C=O) groups is 1. The molecule has 4 atom stereocenters. The standard InChI is InChI=1S/C15H21NO7S2/c17-7-11(19)13(21)12(20)10(18)6-16(15(24)25)5-8-1-3-9(4-2-8)14(22)23/h1-4,10-13,17-21H,5-7H2,(H,22,23)(H,24,25). The summed E-state index contributed by atoms with van der Waals surface area (Å²) in [6.45, 7) is -0.778. The molecule has 0 aromatic heterocycles. The first kappa shape index (κ1) is 21.8. The van der Waals surface area contributed by atoms with Gasteiger partial charge in [-0.15, -0.1) is 12.6 Å². The SMILES string of the molecule is O=C(O)c1ccc(CN(CC(O)C(O)C(O)C(O)CO)C(=S)S)cc1. The molecule has 25 heavy (non-hydrogen) atoms. The zero-order chi connectivity index (χ0) is 19.1. The van der Waals surface area contributed by atoms with Crippen molar-refractivity contribution < 1.29 is 35.4 Å². The molecule has 10 heteroatoms. The second-order valence-electron chi connectivity index (χ2n) is 5.46. The van der Waals surface area contributed by atoms with E-state index in [0.717, 1.165) is 0 Å². The van der Waals surface area contributed by atoms with Gasteiger partial charge >= 0.3 is 5.97 Å². The summed E-state index contributed by atoms with van der Waals surface area (Å²) in [4.78, 5) is 12.3. The van der Waals surface area contributed by atoms with E-state index >= 15 is 0 Å². The zero-order valence-corrected chi connectivity index (χ0v) is 14.8. The molecular formula is C15H21NO7S2. The fraction of sp³-hybridized carbons (Fsp3) is 0.467. The van der Waals surface area contributed by atoms with E-state index in [1.54, 1.807) is 12.1 Å². The van der Waals surface area contributed by atoms with Gasteiger partial charge in [0.1, 0.15) is 28.7 Å². The van der Waals surface area contributed by atoms with Crippen molar-refractivity contribution in [3.8, 4) is 0 Å². The maximum absolute atomic E-state index is 10.8. The number of carboxylic acid groups (broad SMARTS) is 1. The minimum Gasteiger partial charge on any atom is -0.478 e. The molecule has 140 valence electrons. The molecule has 0 saturated heterocycles. The molecule has 1 aromatic carbocycles. The maximum Gasteiger partial charge on any atom is 0.335 e. The van der Waals surface area contributed by atoms with Crippen LogP contribution in [-0.4, -0.2) is 83.4 Å². The average molecular weight is 391 g/mol. The van der Waals surface area contributed by atoms with Gasteiger partial charge < -0.3 is 35.5 Å². The van der Waals surface area contributed by atoms with Gasteiger partial charge in [0.2, 0.25) is 0 Å². The van der Waals surface area contributed by atoms with E-state index in [-0.39, 0.29) is 23.0 Å². The average Bonchev–Trinajstić information content (AvgIpc) is 2.59. The van der Waals surface area contributed by atoms with E-state index in [1.165, 1.54) is 17.0 Å². The molecule has 0 aliphatic rings. The largest absolute Gasteiger partial charge is 0.478 e. The Kier molecular flexibility index (Phi) is 8.73. The number of thiocarbonyl (C=S) groups is 1. The highest BCUT2D eigenvalue weighted by atomic mass is 32.1. The first-order chi connectivity index (χ1) is 11.7. The van der Waals surface area contributed by atoms with Crippen LogP contribution in [0, 0.1) is 0 Å². The monoisotopic (exact) mass is 391 g/mol. The number of aliphatic hydroxyl groups is 5. The fourth-order valence-corrected chi connectivity index (χ4v) is 2.37. The Morgan fingerprint density at radius 1 is 1.08 bits per heavy atom. The van der Waals surface area contributed by atoms with Gasteiger partial charge in [0.15, 0.2) is 0 Å². The molecule has 1 aromatic rings. The second kappa shape index (κ2) is 10.0. The van der Waals surface area contributed by atoms with E-state index in [2.05, 4.69) is 12.6 Å². The second-order valence-corrected chi connectivity index (χ2v) is 6.58. The molecule has 0 fully saturated rings. The van der Waals surface area contributed by atoms with Gasteiger partial charge in [0.05, 0.1) is 12.2 Å². The predicted molar refractivity (Wildman–Crippen MR) is 96.5 cm³/mol. The Labute approximate surface area is 155 Å². The summed E-state index contributed by atoms with van der Waals surface area (Å²) in [5, 5.41) is 56.5. The molecule has 0 amide bonds. The van der Waals surface area contributed by atoms with Crippen molar-refractivity contribution in [3.05, 3.63) is 35.4 Å². The quantitative estimate of drug-likeness (QED) is 0.205. The summed E-state index contributed by atoms with van der Waals surface area (Å²) < 4.78 is 0.116. The Morgan fingerprint density at radius 2 is 1.60 bits per heavy atom. The summed E-state index contributed by atoms with van der Waals surface area (Å²) >= 11 is 9.03. The molecule has 1 rings (SSSR count). The van der Waals surface area contributed by atoms with E-state index in [0.29, 0.717) is 5.56 Å². The van der Waals surface area contributed by atoms with Crippen LogP contribution in [0.15, 0.2) is 24.3 Å². The molecule has 0 spiro atoms. The number of carboxylic acids is 1. The van der Waals surface area contributed by atoms with Crippen LogP contribution in [0.5, 0.6) is 0 Å². The molecule has 0 saturated carbocycles. The van der Waals surface area contributed by atoms with Crippen molar-refractivity contribution in [2.45, 2.75) is 31.0 Å². The molecule has 0 bridgehead atoms. The van der Waals surface area contributed by atoms with Crippen molar-refractivity contribution >= 4 is 35.1 Å². The van der Waals surface area contributed by atoms with Gasteiger partial charge in [-0.25, -0.2) is 4.79 Å². The highest BCUT2D eigenvalue weighted by molar-refractivity contribution is 8.10. The van der Waals surface area contributed by atoms with Gasteiger partial charge in [0.25, 0.3) is 0 Å². The Morgan fingerprint density at radius 3 is 2.04 bits per heavy atom. The first-order valence-electron chi connectivity index (χ1n) is 7.30. The van der Waals surface area contributed by atoms with Crippen molar-refractivity contribution in [1.29, 1.82) is 0 Å². The number of benzene rings is 1. The van der Waals surface area contributed by atoms with E-state index < -0.39 is 37.0 Å². The van der Waals surface area contributed by atoms with Crippen LogP contribution in [0.4, 0.5) is 0 Å². The van der Waals surface area contributed by atoms with Crippen LogP contribution in [-0.2, 0) is 6.54 Å². The lowest BCUT2D eigenvalue weighted by Crippen LogP contribution is -2.49. The van der Waals surface area contributed by atoms with Crippen molar-refractivity contribution in [3.63, 3.8) is 0 Å².